The third kappa shape index (κ3) is 11.6. The second-order valence-electron chi connectivity index (χ2n) is 27.7. The van der Waals surface area contributed by atoms with Gasteiger partial charge in [-0.3, -0.25) is 9.59 Å². The van der Waals surface area contributed by atoms with Gasteiger partial charge in [0.15, 0.2) is 11.6 Å². The van der Waals surface area contributed by atoms with Crippen LogP contribution in [0.15, 0.2) is 71.8 Å². The van der Waals surface area contributed by atoms with E-state index < -0.39 is 5.60 Å². The highest BCUT2D eigenvalue weighted by Crippen LogP contribution is 2.67. The van der Waals surface area contributed by atoms with E-state index in [1.54, 1.807) is 0 Å². The molecule has 0 aromatic heterocycles. The average molecular weight is 1020 g/mol. The van der Waals surface area contributed by atoms with E-state index in [1.165, 1.54) is 144 Å². The van der Waals surface area contributed by atoms with Gasteiger partial charge in [-0.1, -0.05) is 109 Å². The Balaban J connectivity index is 0.000000171. The first-order chi connectivity index (χ1) is 36.3. The van der Waals surface area contributed by atoms with Gasteiger partial charge >= 0.3 is 0 Å². The molecule has 2 aromatic rings. The van der Waals surface area contributed by atoms with Crippen LogP contribution in [0.1, 0.15) is 244 Å². The molecule has 1 N–H and O–H groups in total. The molecule has 0 radical (unpaired) electrons. The second kappa shape index (κ2) is 24.0. The number of carbonyl (C=O) groups is 2. The highest BCUT2D eigenvalue weighted by atomic mass is 16.5. The molecule has 0 heterocycles. The Labute approximate surface area is 456 Å². The lowest BCUT2D eigenvalue weighted by Crippen LogP contribution is -2.53. The number of carbonyl (C=O) groups excluding carboxylic acids is 2. The van der Waals surface area contributed by atoms with Crippen molar-refractivity contribution in [2.45, 2.75) is 239 Å². The van der Waals surface area contributed by atoms with Crippen molar-refractivity contribution in [1.82, 2.24) is 0 Å². The molecule has 2 aromatic carbocycles. The first-order valence-corrected chi connectivity index (χ1v) is 32.0. The van der Waals surface area contributed by atoms with E-state index in [9.17, 15) is 14.7 Å². The Bertz CT molecular complexity index is 2310. The van der Waals surface area contributed by atoms with E-state index in [1.807, 2.05) is 12.2 Å². The molecule has 75 heavy (non-hydrogen) atoms. The van der Waals surface area contributed by atoms with Gasteiger partial charge in [0.1, 0.15) is 11.5 Å². The maximum atomic E-state index is 12.1. The average Bonchev–Trinajstić information content (AvgIpc) is 3.91. The third-order valence-corrected chi connectivity index (χ3v) is 23.5. The van der Waals surface area contributed by atoms with Gasteiger partial charge in [-0.2, -0.15) is 0 Å². The van der Waals surface area contributed by atoms with Crippen molar-refractivity contribution >= 4 is 11.6 Å². The summed E-state index contributed by atoms with van der Waals surface area (Å²) in [5, 5.41) is 11.7. The number of aliphatic hydroxyl groups is 1. The SMILES string of the molecule is CCC(CC1CCCCC1)c1cccc(OCC[C@]23CCC4C5CCC(=O)C=C5CCC4C2CC[C@@H]3C)c1.CCCC(CC(C)C)c1cccc(OCC[C@]23CCC4C5CCC(=O)C=C5CCC4C2CC[C@]3(C)O)c1. The minimum Gasteiger partial charge on any atom is -0.494 e. The number of allylic oxidation sites excluding steroid dienone is 2. The van der Waals surface area contributed by atoms with Gasteiger partial charge in [-0.25, -0.2) is 0 Å². The van der Waals surface area contributed by atoms with Crippen molar-refractivity contribution in [3.63, 3.8) is 0 Å². The lowest BCUT2D eigenvalue weighted by molar-refractivity contribution is -0.128. The number of ether oxygens (including phenoxy) is 2. The monoisotopic (exact) mass is 1020 g/mol. The Morgan fingerprint density at radius 1 is 0.627 bits per heavy atom. The Hall–Kier alpha value is -3.18. The minimum absolute atomic E-state index is 0.0418. The quantitative estimate of drug-likeness (QED) is 0.171. The number of fused-ring (bicyclic) bond motifs is 10. The Morgan fingerprint density at radius 3 is 1.84 bits per heavy atom. The van der Waals surface area contributed by atoms with Crippen LogP contribution in [0, 0.1) is 75.9 Å². The molecule has 9 aliphatic carbocycles. The fraction of sp³-hybridized carbons (Fsp3) is 0.743. The van der Waals surface area contributed by atoms with Crippen molar-refractivity contribution in [3.8, 4) is 11.5 Å². The summed E-state index contributed by atoms with van der Waals surface area (Å²) in [5.74, 6) is 12.4. The molecule has 7 saturated carbocycles. The summed E-state index contributed by atoms with van der Waals surface area (Å²) in [4.78, 5) is 24.1. The van der Waals surface area contributed by atoms with Crippen LogP contribution >= 0.6 is 0 Å². The molecule has 0 saturated heterocycles. The fourth-order valence-corrected chi connectivity index (χ4v) is 19.8. The van der Waals surface area contributed by atoms with Crippen LogP contribution in [0.4, 0.5) is 0 Å². The van der Waals surface area contributed by atoms with Crippen LogP contribution < -0.4 is 9.47 Å². The normalized spacial score (nSPS) is 36.0. The molecule has 412 valence electrons. The number of ketones is 2. The first-order valence-electron chi connectivity index (χ1n) is 32.0. The summed E-state index contributed by atoms with van der Waals surface area (Å²) in [6.07, 6.45) is 38.0. The summed E-state index contributed by atoms with van der Waals surface area (Å²) in [5.41, 5.74) is 5.68. The molecular weight excluding hydrogens is 921 g/mol. The van der Waals surface area contributed by atoms with E-state index in [2.05, 4.69) is 90.1 Å². The van der Waals surface area contributed by atoms with E-state index >= 15 is 0 Å². The third-order valence-electron chi connectivity index (χ3n) is 23.5. The van der Waals surface area contributed by atoms with Gasteiger partial charge in [0.2, 0.25) is 0 Å². The molecule has 11 rings (SSSR count). The topological polar surface area (TPSA) is 72.8 Å². The summed E-state index contributed by atoms with van der Waals surface area (Å²) in [6, 6.07) is 18.0. The highest BCUT2D eigenvalue weighted by molar-refractivity contribution is 5.91. The van der Waals surface area contributed by atoms with Gasteiger partial charge in [0, 0.05) is 18.3 Å². The highest BCUT2D eigenvalue weighted by Gasteiger charge is 2.63. The molecule has 10 unspecified atom stereocenters. The maximum absolute atomic E-state index is 12.1. The maximum Gasteiger partial charge on any atom is 0.155 e. The lowest BCUT2D eigenvalue weighted by atomic mass is 9.49. The van der Waals surface area contributed by atoms with Crippen molar-refractivity contribution < 1.29 is 24.2 Å². The zero-order chi connectivity index (χ0) is 52.3. The number of benzene rings is 2. The van der Waals surface area contributed by atoms with Crippen LogP contribution in [0.2, 0.25) is 0 Å². The lowest BCUT2D eigenvalue weighted by Gasteiger charge is -2.56. The fourth-order valence-electron chi connectivity index (χ4n) is 19.8. The van der Waals surface area contributed by atoms with Crippen molar-refractivity contribution in [2.24, 2.45) is 75.9 Å². The van der Waals surface area contributed by atoms with Crippen LogP contribution in [0.3, 0.4) is 0 Å². The van der Waals surface area contributed by atoms with Crippen molar-refractivity contribution in [2.75, 3.05) is 13.2 Å². The number of hydrogen-bond donors (Lipinski definition) is 1. The smallest absolute Gasteiger partial charge is 0.155 e. The van der Waals surface area contributed by atoms with Gasteiger partial charge in [0.05, 0.1) is 18.8 Å². The summed E-state index contributed by atoms with van der Waals surface area (Å²) < 4.78 is 13.0. The standard InChI is InChI=1S/C36H52O2.C34H50O3/c1-3-27(22-26-8-5-4-6-9-26)28-10-7-11-31(24-28)38-21-20-36-19-18-33-32-16-14-30(37)23-29(32)13-15-34(33)35(36)17-12-25(36)2;1-5-7-24(20-23(2)3)25-8-6-9-28(22-25)37-19-18-34-17-14-30-29-13-11-27(35)21-26(29)10-12-31(30)32(34)15-16-33(34,4)36/h7,10-11,23-27,32-35H,3-6,8-9,12-22H2,1-2H3;6,8-9,21-24,29-32,36H,5,7,10-20H2,1-4H3/t25-,27?,32?,33?,34?,35?,36-;24?,29?,30?,31?,32?,33-,34+/m00/s1. The molecule has 0 aliphatic heterocycles. The summed E-state index contributed by atoms with van der Waals surface area (Å²) >= 11 is 0. The van der Waals surface area contributed by atoms with Gasteiger partial charge in [0.25, 0.3) is 0 Å². The first kappa shape index (κ1) is 55.1. The molecule has 5 heteroatoms. The van der Waals surface area contributed by atoms with Gasteiger partial charge < -0.3 is 14.6 Å². The van der Waals surface area contributed by atoms with Crippen LogP contribution in [-0.4, -0.2) is 35.5 Å². The van der Waals surface area contributed by atoms with Gasteiger partial charge in [-0.05, 0) is 265 Å². The Morgan fingerprint density at radius 2 is 1.23 bits per heavy atom. The van der Waals surface area contributed by atoms with Crippen molar-refractivity contribution in [1.29, 1.82) is 0 Å². The summed E-state index contributed by atoms with van der Waals surface area (Å²) in [7, 11) is 0. The molecule has 9 aliphatic rings. The predicted octanol–water partition coefficient (Wildman–Crippen LogP) is 17.9. The molecule has 14 atom stereocenters. The number of rotatable bonds is 17. The van der Waals surface area contributed by atoms with Gasteiger partial charge in [-0.15, -0.1) is 0 Å². The molecule has 0 spiro atoms. The second-order valence-corrected chi connectivity index (χ2v) is 27.7. The molecular formula is C70H102O5. The summed E-state index contributed by atoms with van der Waals surface area (Å²) in [6.45, 7) is 15.5. The van der Waals surface area contributed by atoms with E-state index in [0.29, 0.717) is 70.9 Å². The zero-order valence-electron chi connectivity index (χ0n) is 48.1. The number of hydrogen-bond acceptors (Lipinski definition) is 5. The molecule has 5 nitrogen and oxygen atoms in total. The van der Waals surface area contributed by atoms with E-state index in [0.717, 1.165) is 105 Å². The Kier molecular flexibility index (Phi) is 17.7. The zero-order valence-corrected chi connectivity index (χ0v) is 48.1. The van der Waals surface area contributed by atoms with E-state index in [4.69, 9.17) is 9.47 Å². The van der Waals surface area contributed by atoms with E-state index in [-0.39, 0.29) is 5.41 Å². The van der Waals surface area contributed by atoms with Crippen LogP contribution in [-0.2, 0) is 9.59 Å². The predicted molar refractivity (Wildman–Crippen MR) is 307 cm³/mol. The molecule has 0 amide bonds. The van der Waals surface area contributed by atoms with Crippen LogP contribution in [0.5, 0.6) is 11.5 Å². The largest absolute Gasteiger partial charge is 0.494 e. The van der Waals surface area contributed by atoms with Crippen LogP contribution in [0.25, 0.3) is 0 Å². The molecule has 7 fully saturated rings. The molecule has 0 bridgehead atoms. The minimum atomic E-state index is -0.615. The van der Waals surface area contributed by atoms with Crippen molar-refractivity contribution in [3.05, 3.63) is 83.0 Å².